The Balaban J connectivity index is 0.000000219. The molecule has 0 aliphatic rings. The molecule has 0 saturated heterocycles. The molecular weight excluding hydrogens is 459 g/mol. The molecule has 0 saturated carbocycles. The fourth-order valence-electron chi connectivity index (χ4n) is 1.54. The van der Waals surface area contributed by atoms with Crippen molar-refractivity contribution >= 4 is 0 Å². The zero-order valence-corrected chi connectivity index (χ0v) is 13.8. The molecule has 0 N–H and O–H groups in total. The van der Waals surface area contributed by atoms with Crippen molar-refractivity contribution in [2.75, 3.05) is 0 Å². The minimum atomic E-state index is -0.458. The molecule has 1 aromatic carbocycles. The van der Waals surface area contributed by atoms with Gasteiger partial charge in [-0.05, 0) is 30.3 Å². The molecule has 3 rings (SSSR count). The first-order valence-electron chi connectivity index (χ1n) is 6.36. The van der Waals surface area contributed by atoms with Gasteiger partial charge < -0.3 is 5.11 Å². The summed E-state index contributed by atoms with van der Waals surface area (Å²) >= 11 is 0. The van der Waals surface area contributed by atoms with Crippen LogP contribution in [0.2, 0.25) is 0 Å². The number of nitrogens with zero attached hydrogens (tertiary/aromatic N) is 2. The van der Waals surface area contributed by atoms with E-state index in [1.807, 2.05) is 36.4 Å². The van der Waals surface area contributed by atoms with Crippen LogP contribution in [0.25, 0.3) is 11.4 Å². The van der Waals surface area contributed by atoms with Crippen molar-refractivity contribution in [3.63, 3.8) is 0 Å². The number of pyridine rings is 2. The minimum Gasteiger partial charge on any atom is -0.870 e. The van der Waals surface area contributed by atoms with Crippen LogP contribution in [0.4, 0.5) is 0 Å². The Morgan fingerprint density at radius 3 is 1.68 bits per heavy atom. The Labute approximate surface area is 142 Å². The molecule has 3 aromatic rings. The van der Waals surface area contributed by atoms with E-state index in [9.17, 15) is 9.90 Å². The van der Waals surface area contributed by atoms with Crippen molar-refractivity contribution < 1.29 is 26.2 Å². The summed E-state index contributed by atoms with van der Waals surface area (Å²) in [6.07, 6.45) is 3.54. The molecular formula is C17H13N2O2Pt-. The Hall–Kier alpha value is -2.32. The smallest absolute Gasteiger partial charge is 0.170 e. The molecule has 0 amide bonds. The van der Waals surface area contributed by atoms with Gasteiger partial charge in [-0.15, -0.1) is 0 Å². The first-order valence-corrected chi connectivity index (χ1v) is 6.36. The van der Waals surface area contributed by atoms with Gasteiger partial charge in [-0.25, -0.2) is 0 Å². The van der Waals surface area contributed by atoms with E-state index in [0.29, 0.717) is 0 Å². The topological polar surface area (TPSA) is 65.9 Å². The van der Waals surface area contributed by atoms with E-state index >= 15 is 0 Å². The fourth-order valence-corrected chi connectivity index (χ4v) is 1.54. The summed E-state index contributed by atoms with van der Waals surface area (Å²) in [4.78, 5) is 18.9. The zero-order valence-electron chi connectivity index (χ0n) is 11.5. The standard InChI is InChI=1S/C10H8N2.C7H6O2.Pt/c1-3-7-11-9(5-1)10-6-2-4-8-12-10;8-6-4-2-1-3-5-7(6)9;/h1-8H;1-5H,(H,8,9);/p-1. The molecule has 114 valence electrons. The Morgan fingerprint density at radius 2 is 1.18 bits per heavy atom. The Bertz CT molecular complexity index is 700. The monoisotopic (exact) mass is 472 g/mol. The van der Waals surface area contributed by atoms with E-state index in [4.69, 9.17) is 0 Å². The van der Waals surface area contributed by atoms with Crippen LogP contribution in [-0.2, 0) is 21.1 Å². The van der Waals surface area contributed by atoms with Crippen molar-refractivity contribution in [2.24, 2.45) is 0 Å². The molecule has 0 fully saturated rings. The number of aromatic nitrogens is 2. The molecule has 0 unspecified atom stereocenters. The van der Waals surface area contributed by atoms with Crippen molar-refractivity contribution in [1.82, 2.24) is 9.97 Å². The van der Waals surface area contributed by atoms with E-state index in [1.54, 1.807) is 30.6 Å². The molecule has 0 bridgehead atoms. The Kier molecular flexibility index (Phi) is 7.72. The van der Waals surface area contributed by atoms with Crippen LogP contribution in [0.15, 0.2) is 83.9 Å². The summed E-state index contributed by atoms with van der Waals surface area (Å²) in [7, 11) is 0. The largest absolute Gasteiger partial charge is 0.870 e. The first kappa shape index (κ1) is 17.7. The van der Waals surface area contributed by atoms with Crippen LogP contribution in [0.1, 0.15) is 0 Å². The second kappa shape index (κ2) is 9.58. The van der Waals surface area contributed by atoms with E-state index in [1.165, 1.54) is 12.1 Å². The van der Waals surface area contributed by atoms with Gasteiger partial charge in [0.25, 0.3) is 0 Å². The third-order valence-corrected chi connectivity index (χ3v) is 2.55. The van der Waals surface area contributed by atoms with Gasteiger partial charge in [0, 0.05) is 33.5 Å². The van der Waals surface area contributed by atoms with Gasteiger partial charge >= 0.3 is 0 Å². The van der Waals surface area contributed by atoms with Crippen LogP contribution >= 0.6 is 0 Å². The van der Waals surface area contributed by atoms with Gasteiger partial charge in [-0.2, -0.15) is 0 Å². The molecule has 4 nitrogen and oxygen atoms in total. The number of hydrogen-bond acceptors (Lipinski definition) is 4. The molecule has 0 spiro atoms. The van der Waals surface area contributed by atoms with Gasteiger partial charge in [-0.3, -0.25) is 14.8 Å². The molecule has 22 heavy (non-hydrogen) atoms. The van der Waals surface area contributed by atoms with Crippen molar-refractivity contribution in [2.45, 2.75) is 0 Å². The van der Waals surface area contributed by atoms with Crippen LogP contribution < -0.4 is 10.5 Å². The maximum absolute atomic E-state index is 10.5. The molecule has 2 aromatic heterocycles. The molecule has 0 aliphatic heterocycles. The number of rotatable bonds is 1. The molecule has 0 radical (unpaired) electrons. The van der Waals surface area contributed by atoms with Crippen molar-refractivity contribution in [3.05, 3.63) is 89.3 Å². The van der Waals surface area contributed by atoms with Crippen molar-refractivity contribution in [1.29, 1.82) is 0 Å². The van der Waals surface area contributed by atoms with Crippen LogP contribution in [0, 0.1) is 0 Å². The van der Waals surface area contributed by atoms with Crippen LogP contribution in [0.5, 0.6) is 5.75 Å². The molecule has 0 aliphatic carbocycles. The third kappa shape index (κ3) is 5.58. The number of hydrogen-bond donors (Lipinski definition) is 0. The normalized spacial score (nSPS) is 8.91. The minimum absolute atomic E-state index is 0. The maximum atomic E-state index is 10.5. The van der Waals surface area contributed by atoms with E-state index in [2.05, 4.69) is 9.97 Å². The summed E-state index contributed by atoms with van der Waals surface area (Å²) in [5, 5.41) is 10.5. The predicted octanol–water partition coefficient (Wildman–Crippen LogP) is 2.26. The fraction of sp³-hybridized carbons (Fsp3) is 0. The summed E-state index contributed by atoms with van der Waals surface area (Å²) in [5.41, 5.74) is 1.37. The average Bonchev–Trinajstić information content (AvgIpc) is 2.74. The first-order chi connectivity index (χ1) is 10.3. The second-order valence-corrected chi connectivity index (χ2v) is 4.07. The van der Waals surface area contributed by atoms with E-state index in [0.717, 1.165) is 11.4 Å². The summed E-state index contributed by atoms with van der Waals surface area (Å²) < 4.78 is 0. The van der Waals surface area contributed by atoms with Crippen LogP contribution in [0.3, 0.4) is 0 Å². The Morgan fingerprint density at radius 1 is 0.682 bits per heavy atom. The van der Waals surface area contributed by atoms with E-state index < -0.39 is 11.2 Å². The quantitative estimate of drug-likeness (QED) is 0.545. The molecule has 2 heterocycles. The van der Waals surface area contributed by atoms with Gasteiger partial charge in [0.1, 0.15) is 0 Å². The van der Waals surface area contributed by atoms with Gasteiger partial charge in [-0.1, -0.05) is 42.1 Å². The maximum Gasteiger partial charge on any atom is 0.170 e. The van der Waals surface area contributed by atoms with Gasteiger partial charge in [0.2, 0.25) is 0 Å². The summed E-state index contributed by atoms with van der Waals surface area (Å²) in [6, 6.07) is 18.8. The SMILES string of the molecule is O=c1cccccc1[O-].[Pt].c1ccc(-c2ccccn2)nc1. The summed E-state index contributed by atoms with van der Waals surface area (Å²) in [5.74, 6) is -0.458. The van der Waals surface area contributed by atoms with Crippen LogP contribution in [-0.4, -0.2) is 9.97 Å². The van der Waals surface area contributed by atoms with Crippen molar-refractivity contribution in [3.8, 4) is 17.1 Å². The zero-order chi connectivity index (χ0) is 14.9. The predicted molar refractivity (Wildman–Crippen MR) is 79.6 cm³/mol. The average molecular weight is 472 g/mol. The third-order valence-electron chi connectivity index (χ3n) is 2.55. The summed E-state index contributed by atoms with van der Waals surface area (Å²) in [6.45, 7) is 0. The van der Waals surface area contributed by atoms with Gasteiger partial charge in [0.05, 0.1) is 11.4 Å². The molecule has 5 heteroatoms. The van der Waals surface area contributed by atoms with Gasteiger partial charge in [0.15, 0.2) is 5.43 Å². The van der Waals surface area contributed by atoms with E-state index in [-0.39, 0.29) is 21.1 Å². The molecule has 0 atom stereocenters. The second-order valence-electron chi connectivity index (χ2n) is 4.07.